The number of nitrogens with one attached hydrogen (secondary N) is 1. The van der Waals surface area contributed by atoms with Gasteiger partial charge in [-0.25, -0.2) is 0 Å². The Hall–Kier alpha value is -1.33. The van der Waals surface area contributed by atoms with Gasteiger partial charge in [0, 0.05) is 23.7 Å². The highest BCUT2D eigenvalue weighted by molar-refractivity contribution is 6.31. The normalized spacial score (nSPS) is 22.5. The minimum atomic E-state index is -0.387. The van der Waals surface area contributed by atoms with Gasteiger partial charge >= 0.3 is 0 Å². The Labute approximate surface area is 123 Å². The van der Waals surface area contributed by atoms with Crippen LogP contribution in [-0.4, -0.2) is 23.7 Å². The number of anilines is 1. The van der Waals surface area contributed by atoms with Gasteiger partial charge in [0.2, 0.25) is 0 Å². The quantitative estimate of drug-likeness (QED) is 0.659. The molecule has 0 amide bonds. The van der Waals surface area contributed by atoms with Crippen LogP contribution in [-0.2, 0) is 4.74 Å². The predicted molar refractivity (Wildman–Crippen MR) is 79.4 cm³/mol. The Balaban J connectivity index is 2.09. The fraction of sp³-hybridized carbons (Fsp3) is 0.571. The van der Waals surface area contributed by atoms with Crippen molar-refractivity contribution in [1.82, 2.24) is 0 Å². The lowest BCUT2D eigenvalue weighted by atomic mass is 9.99. The minimum absolute atomic E-state index is 0.0629. The number of ether oxygens (including phenoxy) is 1. The van der Waals surface area contributed by atoms with Gasteiger partial charge in [0.15, 0.2) is 0 Å². The summed E-state index contributed by atoms with van der Waals surface area (Å²) < 4.78 is 5.69. The lowest BCUT2D eigenvalue weighted by Crippen LogP contribution is -2.34. The van der Waals surface area contributed by atoms with Crippen molar-refractivity contribution in [1.29, 1.82) is 0 Å². The van der Waals surface area contributed by atoms with Crippen LogP contribution in [0, 0.1) is 10.1 Å². The lowest BCUT2D eigenvalue weighted by molar-refractivity contribution is -0.384. The molecule has 1 N–H and O–H groups in total. The first kappa shape index (κ1) is 15.1. The van der Waals surface area contributed by atoms with Crippen LogP contribution in [0.25, 0.3) is 0 Å². The fourth-order valence-corrected chi connectivity index (χ4v) is 2.71. The van der Waals surface area contributed by atoms with Gasteiger partial charge in [0.25, 0.3) is 5.69 Å². The van der Waals surface area contributed by atoms with Gasteiger partial charge in [0.05, 0.1) is 11.0 Å². The van der Waals surface area contributed by atoms with E-state index >= 15 is 0 Å². The van der Waals surface area contributed by atoms with Crippen molar-refractivity contribution in [3.05, 3.63) is 33.3 Å². The van der Waals surface area contributed by atoms with Crippen LogP contribution < -0.4 is 5.32 Å². The van der Waals surface area contributed by atoms with Crippen molar-refractivity contribution >= 4 is 23.0 Å². The van der Waals surface area contributed by atoms with E-state index in [-0.39, 0.29) is 22.8 Å². The second-order valence-electron chi connectivity index (χ2n) is 5.07. The zero-order valence-corrected chi connectivity index (χ0v) is 12.2. The third-order valence-corrected chi connectivity index (χ3v) is 3.73. The Morgan fingerprint density at radius 2 is 2.35 bits per heavy atom. The molecule has 0 saturated carbocycles. The Bertz CT molecular complexity index is 479. The van der Waals surface area contributed by atoms with Gasteiger partial charge in [-0.15, -0.1) is 0 Å². The maximum Gasteiger partial charge on any atom is 0.292 e. The van der Waals surface area contributed by atoms with E-state index in [0.717, 1.165) is 25.7 Å². The number of benzene rings is 1. The maximum atomic E-state index is 11.0. The number of rotatable bonds is 5. The fourth-order valence-electron chi connectivity index (χ4n) is 2.54. The topological polar surface area (TPSA) is 64.4 Å². The Morgan fingerprint density at radius 1 is 1.55 bits per heavy atom. The van der Waals surface area contributed by atoms with E-state index in [2.05, 4.69) is 12.2 Å². The summed E-state index contributed by atoms with van der Waals surface area (Å²) in [5.41, 5.74) is 0.553. The van der Waals surface area contributed by atoms with Crippen molar-refractivity contribution in [2.45, 2.75) is 44.8 Å². The van der Waals surface area contributed by atoms with Gasteiger partial charge in [-0.1, -0.05) is 24.9 Å². The Morgan fingerprint density at radius 3 is 3.05 bits per heavy atom. The van der Waals surface area contributed by atoms with E-state index in [1.807, 2.05) is 0 Å². The maximum absolute atomic E-state index is 11.0. The van der Waals surface area contributed by atoms with E-state index in [9.17, 15) is 10.1 Å². The van der Waals surface area contributed by atoms with E-state index in [1.165, 1.54) is 12.1 Å². The first-order valence-corrected chi connectivity index (χ1v) is 7.30. The summed E-state index contributed by atoms with van der Waals surface area (Å²) >= 11 is 5.93. The SMILES string of the molecule is CCCC1CC(Nc2cc(Cl)ccc2[N+](=O)[O-])CCO1. The summed E-state index contributed by atoms with van der Waals surface area (Å²) in [5.74, 6) is 0. The lowest BCUT2D eigenvalue weighted by Gasteiger charge is -2.30. The van der Waals surface area contributed by atoms with Crippen LogP contribution in [0.1, 0.15) is 32.6 Å². The van der Waals surface area contributed by atoms with Gasteiger partial charge in [-0.3, -0.25) is 10.1 Å². The smallest absolute Gasteiger partial charge is 0.292 e. The average molecular weight is 299 g/mol. The molecule has 1 fully saturated rings. The molecule has 1 aliphatic rings. The molecule has 1 aliphatic heterocycles. The highest BCUT2D eigenvalue weighted by Gasteiger charge is 2.24. The molecule has 0 spiro atoms. The molecule has 6 heteroatoms. The molecule has 0 aliphatic carbocycles. The van der Waals surface area contributed by atoms with Crippen LogP contribution >= 0.6 is 11.6 Å². The number of nitro groups is 1. The molecule has 0 radical (unpaired) electrons. The van der Waals surface area contributed by atoms with Crippen molar-refractivity contribution in [3.8, 4) is 0 Å². The average Bonchev–Trinajstić information content (AvgIpc) is 2.39. The van der Waals surface area contributed by atoms with Crippen LogP contribution in [0.4, 0.5) is 11.4 Å². The zero-order chi connectivity index (χ0) is 14.5. The summed E-state index contributed by atoms with van der Waals surface area (Å²) in [5, 5.41) is 14.8. The number of hydrogen-bond acceptors (Lipinski definition) is 4. The third-order valence-electron chi connectivity index (χ3n) is 3.49. The monoisotopic (exact) mass is 298 g/mol. The summed E-state index contributed by atoms with van der Waals surface area (Å²) in [7, 11) is 0. The van der Waals surface area contributed by atoms with Gasteiger partial charge in [-0.2, -0.15) is 0 Å². The molecular formula is C14H19ClN2O3. The third kappa shape index (κ3) is 3.84. The molecule has 5 nitrogen and oxygen atoms in total. The molecule has 2 unspecified atom stereocenters. The number of nitrogens with zero attached hydrogens (tertiary/aromatic N) is 1. The summed E-state index contributed by atoms with van der Waals surface area (Å²) in [6.45, 7) is 2.82. The minimum Gasteiger partial charge on any atom is -0.378 e. The molecular weight excluding hydrogens is 280 g/mol. The summed E-state index contributed by atoms with van der Waals surface area (Å²) in [6, 6.07) is 4.78. The highest BCUT2D eigenvalue weighted by atomic mass is 35.5. The van der Waals surface area contributed by atoms with Gasteiger partial charge in [0.1, 0.15) is 5.69 Å². The zero-order valence-electron chi connectivity index (χ0n) is 11.5. The van der Waals surface area contributed by atoms with Crippen molar-refractivity contribution in [2.75, 3.05) is 11.9 Å². The van der Waals surface area contributed by atoms with Crippen LogP contribution in [0.2, 0.25) is 5.02 Å². The summed E-state index contributed by atoms with van der Waals surface area (Å²) in [4.78, 5) is 10.7. The second kappa shape index (κ2) is 6.90. The molecule has 1 aromatic carbocycles. The number of hydrogen-bond donors (Lipinski definition) is 1. The molecule has 2 rings (SSSR count). The molecule has 1 aromatic rings. The first-order valence-electron chi connectivity index (χ1n) is 6.92. The van der Waals surface area contributed by atoms with E-state index in [0.29, 0.717) is 17.3 Å². The van der Waals surface area contributed by atoms with Crippen molar-refractivity contribution < 1.29 is 9.66 Å². The number of nitro benzene ring substituents is 1. The van der Waals surface area contributed by atoms with Gasteiger partial charge < -0.3 is 10.1 Å². The molecule has 0 aromatic heterocycles. The Kier molecular flexibility index (Phi) is 5.20. The highest BCUT2D eigenvalue weighted by Crippen LogP contribution is 2.30. The first-order chi connectivity index (χ1) is 9.60. The standard InChI is InChI=1S/C14H19ClN2O3/c1-2-3-12-9-11(6-7-20-12)16-13-8-10(15)4-5-14(13)17(18)19/h4-5,8,11-12,16H,2-3,6-7,9H2,1H3. The predicted octanol–water partition coefficient (Wildman–Crippen LogP) is 4.01. The van der Waals surface area contributed by atoms with Crippen LogP contribution in [0.3, 0.4) is 0 Å². The van der Waals surface area contributed by atoms with Crippen molar-refractivity contribution in [2.24, 2.45) is 0 Å². The molecule has 20 heavy (non-hydrogen) atoms. The van der Waals surface area contributed by atoms with Crippen LogP contribution in [0.5, 0.6) is 0 Å². The molecule has 0 bridgehead atoms. The van der Waals surface area contributed by atoms with Crippen molar-refractivity contribution in [3.63, 3.8) is 0 Å². The molecule has 2 atom stereocenters. The summed E-state index contributed by atoms with van der Waals surface area (Å²) in [6.07, 6.45) is 4.07. The molecule has 1 heterocycles. The second-order valence-corrected chi connectivity index (χ2v) is 5.50. The van der Waals surface area contributed by atoms with Gasteiger partial charge in [-0.05, 0) is 31.4 Å². The molecule has 1 saturated heterocycles. The van der Waals surface area contributed by atoms with Crippen LogP contribution in [0.15, 0.2) is 18.2 Å². The largest absolute Gasteiger partial charge is 0.378 e. The number of halogens is 1. The van der Waals surface area contributed by atoms with E-state index in [4.69, 9.17) is 16.3 Å². The molecule has 110 valence electrons. The van der Waals surface area contributed by atoms with E-state index in [1.54, 1.807) is 6.07 Å². The van der Waals surface area contributed by atoms with E-state index < -0.39 is 0 Å².